The molecule has 0 aliphatic rings. The van der Waals surface area contributed by atoms with Gasteiger partial charge in [-0.15, -0.1) is 0 Å². The van der Waals surface area contributed by atoms with E-state index < -0.39 is 0 Å². The van der Waals surface area contributed by atoms with E-state index in [1.807, 2.05) is 37.3 Å². The van der Waals surface area contributed by atoms with E-state index in [9.17, 15) is 4.79 Å². The van der Waals surface area contributed by atoms with Gasteiger partial charge in [-0.1, -0.05) is 30.3 Å². The number of hydrogen-bond acceptors (Lipinski definition) is 3. The number of rotatable bonds is 6. The molecule has 4 heteroatoms. The quantitative estimate of drug-likeness (QED) is 0.788. The highest BCUT2D eigenvalue weighted by molar-refractivity contribution is 7.81. The third-order valence-corrected chi connectivity index (χ3v) is 4.23. The highest BCUT2D eigenvalue weighted by atomic mass is 32.1. The van der Waals surface area contributed by atoms with Crippen LogP contribution in [0.3, 0.4) is 0 Å². The number of hydrogen-bond donors (Lipinski definition) is 2. The minimum absolute atomic E-state index is 0.0000778. The smallest absolute Gasteiger partial charge is 0.233 e. The van der Waals surface area contributed by atoms with Gasteiger partial charge in [0.25, 0.3) is 0 Å². The van der Waals surface area contributed by atoms with Gasteiger partial charge < -0.3 is 5.32 Å². The SMILES string of the molecule is CC(Cc1ccsc1)NC(=O)C(S)Cc1ccccc1. The Morgan fingerprint density at radius 2 is 1.95 bits per heavy atom. The highest BCUT2D eigenvalue weighted by Crippen LogP contribution is 2.11. The second-order valence-corrected chi connectivity index (χ2v) is 6.35. The van der Waals surface area contributed by atoms with E-state index in [1.54, 1.807) is 11.3 Å². The van der Waals surface area contributed by atoms with E-state index in [0.29, 0.717) is 6.42 Å². The molecule has 20 heavy (non-hydrogen) atoms. The number of benzene rings is 1. The zero-order valence-corrected chi connectivity index (χ0v) is 13.2. The lowest BCUT2D eigenvalue weighted by Gasteiger charge is -2.17. The van der Waals surface area contributed by atoms with Crippen LogP contribution in [-0.4, -0.2) is 17.2 Å². The van der Waals surface area contributed by atoms with Crippen molar-refractivity contribution >= 4 is 29.9 Å². The molecule has 2 rings (SSSR count). The zero-order chi connectivity index (χ0) is 14.4. The molecule has 2 nitrogen and oxygen atoms in total. The fourth-order valence-electron chi connectivity index (χ4n) is 2.08. The molecule has 0 aliphatic carbocycles. The molecule has 1 aromatic carbocycles. The summed E-state index contributed by atoms with van der Waals surface area (Å²) in [5.74, 6) is -0.0000778. The lowest BCUT2D eigenvalue weighted by atomic mass is 10.1. The van der Waals surface area contributed by atoms with Crippen molar-refractivity contribution < 1.29 is 4.79 Å². The Bertz CT molecular complexity index is 525. The van der Waals surface area contributed by atoms with Gasteiger partial charge in [0.2, 0.25) is 5.91 Å². The molecule has 1 amide bonds. The van der Waals surface area contributed by atoms with Gasteiger partial charge in [0, 0.05) is 6.04 Å². The number of thiol groups is 1. The van der Waals surface area contributed by atoms with E-state index in [0.717, 1.165) is 12.0 Å². The number of thiophene rings is 1. The molecular formula is C16H19NOS2. The van der Waals surface area contributed by atoms with E-state index in [2.05, 4.69) is 34.8 Å². The van der Waals surface area contributed by atoms with Gasteiger partial charge in [-0.3, -0.25) is 4.79 Å². The molecule has 0 fully saturated rings. The maximum absolute atomic E-state index is 12.1. The van der Waals surface area contributed by atoms with Crippen molar-refractivity contribution in [2.45, 2.75) is 31.1 Å². The van der Waals surface area contributed by atoms with Crippen LogP contribution in [0.4, 0.5) is 0 Å². The average Bonchev–Trinajstić information content (AvgIpc) is 2.92. The topological polar surface area (TPSA) is 29.1 Å². The normalized spacial score (nSPS) is 13.7. The molecular weight excluding hydrogens is 286 g/mol. The van der Waals surface area contributed by atoms with Crippen molar-refractivity contribution in [1.82, 2.24) is 5.32 Å². The maximum atomic E-state index is 12.1. The Hall–Kier alpha value is -1.26. The lowest BCUT2D eigenvalue weighted by molar-refractivity contribution is -0.121. The maximum Gasteiger partial charge on any atom is 0.233 e. The summed E-state index contributed by atoms with van der Waals surface area (Å²) in [7, 11) is 0. The molecule has 0 spiro atoms. The molecule has 0 radical (unpaired) electrons. The molecule has 2 atom stereocenters. The molecule has 0 bridgehead atoms. The zero-order valence-electron chi connectivity index (χ0n) is 11.5. The minimum atomic E-state index is -0.303. The third-order valence-electron chi connectivity index (χ3n) is 3.09. The molecule has 1 aromatic heterocycles. The summed E-state index contributed by atoms with van der Waals surface area (Å²) in [4.78, 5) is 12.1. The summed E-state index contributed by atoms with van der Waals surface area (Å²) in [5, 5.41) is 6.90. The van der Waals surface area contributed by atoms with Crippen LogP contribution in [-0.2, 0) is 17.6 Å². The first-order chi connectivity index (χ1) is 9.65. The molecule has 0 saturated heterocycles. The largest absolute Gasteiger partial charge is 0.352 e. The van der Waals surface area contributed by atoms with Crippen LogP contribution in [0.15, 0.2) is 47.2 Å². The number of nitrogens with one attached hydrogen (secondary N) is 1. The summed E-state index contributed by atoms with van der Waals surface area (Å²) >= 11 is 6.10. The van der Waals surface area contributed by atoms with Gasteiger partial charge in [0.05, 0.1) is 5.25 Å². The summed E-state index contributed by atoms with van der Waals surface area (Å²) in [5.41, 5.74) is 2.40. The van der Waals surface area contributed by atoms with Crippen molar-refractivity contribution in [1.29, 1.82) is 0 Å². The van der Waals surface area contributed by atoms with Gasteiger partial charge in [-0.2, -0.15) is 24.0 Å². The van der Waals surface area contributed by atoms with E-state index >= 15 is 0 Å². The van der Waals surface area contributed by atoms with Crippen molar-refractivity contribution in [3.05, 3.63) is 58.3 Å². The Morgan fingerprint density at radius 1 is 1.20 bits per heavy atom. The second-order valence-electron chi connectivity index (χ2n) is 4.95. The van der Waals surface area contributed by atoms with Crippen molar-refractivity contribution in [2.24, 2.45) is 0 Å². The van der Waals surface area contributed by atoms with Gasteiger partial charge >= 0.3 is 0 Å². The number of carbonyl (C=O) groups is 1. The fourth-order valence-corrected chi connectivity index (χ4v) is 3.05. The minimum Gasteiger partial charge on any atom is -0.352 e. The summed E-state index contributed by atoms with van der Waals surface area (Å²) in [6.45, 7) is 2.03. The molecule has 106 valence electrons. The predicted molar refractivity (Wildman–Crippen MR) is 88.5 cm³/mol. The van der Waals surface area contributed by atoms with Crippen molar-refractivity contribution in [2.75, 3.05) is 0 Å². The van der Waals surface area contributed by atoms with Crippen LogP contribution in [0.1, 0.15) is 18.1 Å². The Balaban J connectivity index is 1.81. The molecule has 2 aromatic rings. The highest BCUT2D eigenvalue weighted by Gasteiger charge is 2.16. The van der Waals surface area contributed by atoms with E-state index in [4.69, 9.17) is 0 Å². The number of carbonyl (C=O) groups excluding carboxylic acids is 1. The first-order valence-corrected chi connectivity index (χ1v) is 8.14. The van der Waals surface area contributed by atoms with Gasteiger partial charge in [0.15, 0.2) is 0 Å². The third kappa shape index (κ3) is 4.69. The standard InChI is InChI=1S/C16H19NOS2/c1-12(9-14-7-8-20-11-14)17-16(18)15(19)10-13-5-3-2-4-6-13/h2-8,11-12,15,19H,9-10H2,1H3,(H,17,18). The Kier molecular flexibility index (Phi) is 5.68. The van der Waals surface area contributed by atoms with Crippen molar-refractivity contribution in [3.63, 3.8) is 0 Å². The van der Waals surface area contributed by atoms with Crippen LogP contribution < -0.4 is 5.32 Å². The lowest BCUT2D eigenvalue weighted by Crippen LogP contribution is -2.39. The molecule has 1 N–H and O–H groups in total. The van der Waals surface area contributed by atoms with E-state index in [-0.39, 0.29) is 17.2 Å². The van der Waals surface area contributed by atoms with Crippen molar-refractivity contribution in [3.8, 4) is 0 Å². The number of amides is 1. The van der Waals surface area contributed by atoms with Crippen LogP contribution in [0, 0.1) is 0 Å². The Labute approximate surface area is 129 Å². The average molecular weight is 305 g/mol. The Morgan fingerprint density at radius 3 is 2.60 bits per heavy atom. The fraction of sp³-hybridized carbons (Fsp3) is 0.312. The van der Waals surface area contributed by atoms with Gasteiger partial charge in [-0.05, 0) is 47.7 Å². The summed E-state index contributed by atoms with van der Waals surface area (Å²) < 4.78 is 0. The van der Waals surface area contributed by atoms with Gasteiger partial charge in [0.1, 0.15) is 0 Å². The van der Waals surface area contributed by atoms with E-state index in [1.165, 1.54) is 5.56 Å². The summed E-state index contributed by atoms with van der Waals surface area (Å²) in [6, 6.07) is 12.2. The molecule has 2 unspecified atom stereocenters. The first-order valence-electron chi connectivity index (χ1n) is 6.68. The van der Waals surface area contributed by atoms with Crippen LogP contribution in [0.5, 0.6) is 0 Å². The first kappa shape index (κ1) is 15.1. The van der Waals surface area contributed by atoms with Gasteiger partial charge in [-0.25, -0.2) is 0 Å². The van der Waals surface area contributed by atoms with Crippen LogP contribution >= 0.6 is 24.0 Å². The molecule has 0 aliphatic heterocycles. The predicted octanol–water partition coefficient (Wildman–Crippen LogP) is 3.34. The molecule has 0 saturated carbocycles. The monoisotopic (exact) mass is 305 g/mol. The molecule has 1 heterocycles. The van der Waals surface area contributed by atoms with Crippen LogP contribution in [0.25, 0.3) is 0 Å². The van der Waals surface area contributed by atoms with Crippen LogP contribution in [0.2, 0.25) is 0 Å². The summed E-state index contributed by atoms with van der Waals surface area (Å²) in [6.07, 6.45) is 1.52. The second kappa shape index (κ2) is 7.50.